The number of esters is 2. The van der Waals surface area contributed by atoms with Gasteiger partial charge in [0, 0.05) is 19.4 Å². The fourth-order valence-corrected chi connectivity index (χ4v) is 6.01. The number of phosphoric acid groups is 1. The predicted octanol–water partition coefficient (Wildman–Crippen LogP) is 11.9. The lowest BCUT2D eigenvalue weighted by Crippen LogP contribution is -2.29. The van der Waals surface area contributed by atoms with Crippen molar-refractivity contribution >= 4 is 19.8 Å². The van der Waals surface area contributed by atoms with Crippen molar-refractivity contribution in [1.82, 2.24) is 0 Å². The first-order valence-corrected chi connectivity index (χ1v) is 22.4. The number of carbonyl (C=O) groups is 2. The number of hydrogen-bond donors (Lipinski definition) is 2. The second kappa shape index (κ2) is 40.1. The van der Waals surface area contributed by atoms with Crippen molar-refractivity contribution < 1.29 is 37.6 Å². The van der Waals surface area contributed by atoms with E-state index in [1.165, 1.54) is 38.5 Å². The van der Waals surface area contributed by atoms with Crippen molar-refractivity contribution in [2.24, 2.45) is 5.73 Å². The van der Waals surface area contributed by atoms with Gasteiger partial charge in [-0.15, -0.1) is 0 Å². The summed E-state index contributed by atoms with van der Waals surface area (Å²) in [4.78, 5) is 34.8. The van der Waals surface area contributed by atoms with Crippen LogP contribution in [0.25, 0.3) is 0 Å². The first-order valence-electron chi connectivity index (χ1n) is 20.9. The summed E-state index contributed by atoms with van der Waals surface area (Å²) in [5, 5.41) is 0. The molecule has 0 aliphatic carbocycles. The number of nitrogens with two attached hydrogens (primary N) is 1. The Kier molecular flexibility index (Phi) is 38.2. The van der Waals surface area contributed by atoms with Gasteiger partial charge in [-0.05, 0) is 83.5 Å². The van der Waals surface area contributed by atoms with Gasteiger partial charge in [0.05, 0.1) is 13.2 Å². The van der Waals surface area contributed by atoms with E-state index in [-0.39, 0.29) is 32.6 Å². The van der Waals surface area contributed by atoms with Gasteiger partial charge in [0.15, 0.2) is 6.10 Å². The Balaban J connectivity index is 4.28. The second-order valence-electron chi connectivity index (χ2n) is 13.5. The van der Waals surface area contributed by atoms with Crippen molar-refractivity contribution in [3.63, 3.8) is 0 Å². The Morgan fingerprint density at radius 1 is 0.574 bits per heavy atom. The van der Waals surface area contributed by atoms with E-state index in [4.69, 9.17) is 24.3 Å². The number of ether oxygens (including phenoxy) is 2. The highest BCUT2D eigenvalue weighted by Gasteiger charge is 2.25. The molecule has 0 aromatic carbocycles. The Labute approximate surface area is 329 Å². The molecule has 10 heteroatoms. The number of phosphoric ester groups is 1. The summed E-state index contributed by atoms with van der Waals surface area (Å²) in [7, 11) is -4.39. The Morgan fingerprint density at radius 2 is 1.02 bits per heavy atom. The van der Waals surface area contributed by atoms with Crippen LogP contribution >= 0.6 is 7.82 Å². The Bertz CT molecular complexity index is 1110. The first kappa shape index (κ1) is 51.5. The van der Waals surface area contributed by atoms with Crippen LogP contribution in [-0.2, 0) is 32.7 Å². The van der Waals surface area contributed by atoms with E-state index in [0.717, 1.165) is 83.5 Å². The summed E-state index contributed by atoms with van der Waals surface area (Å²) < 4.78 is 32.7. The topological polar surface area (TPSA) is 134 Å². The van der Waals surface area contributed by atoms with Gasteiger partial charge in [0.25, 0.3) is 0 Å². The van der Waals surface area contributed by atoms with Crippen molar-refractivity contribution in [3.05, 3.63) is 72.9 Å². The fraction of sp³-hybridized carbons (Fsp3) is 0.682. The highest BCUT2D eigenvalue weighted by atomic mass is 31.2. The molecule has 0 amide bonds. The summed E-state index contributed by atoms with van der Waals surface area (Å²) >= 11 is 0. The van der Waals surface area contributed by atoms with E-state index >= 15 is 0 Å². The first-order chi connectivity index (χ1) is 26.3. The van der Waals surface area contributed by atoms with E-state index in [1.54, 1.807) is 0 Å². The monoisotopic (exact) mass is 778 g/mol. The van der Waals surface area contributed by atoms with E-state index in [2.05, 4.69) is 86.8 Å². The molecule has 0 heterocycles. The molecule has 9 nitrogen and oxygen atoms in total. The summed E-state index contributed by atoms with van der Waals surface area (Å²) in [6, 6.07) is 0. The van der Waals surface area contributed by atoms with Gasteiger partial charge in [0.1, 0.15) is 6.61 Å². The number of rotatable bonds is 38. The van der Waals surface area contributed by atoms with Gasteiger partial charge in [0.2, 0.25) is 0 Å². The molecule has 0 saturated heterocycles. The molecule has 2 atom stereocenters. The highest BCUT2D eigenvalue weighted by Crippen LogP contribution is 2.43. The van der Waals surface area contributed by atoms with Crippen molar-refractivity contribution in [3.8, 4) is 0 Å². The molecule has 0 radical (unpaired) electrons. The molecule has 0 rings (SSSR count). The van der Waals surface area contributed by atoms with Crippen LogP contribution in [0.1, 0.15) is 162 Å². The normalized spacial score (nSPS) is 14.1. The minimum Gasteiger partial charge on any atom is -0.462 e. The quantitative estimate of drug-likeness (QED) is 0.0272. The van der Waals surface area contributed by atoms with Gasteiger partial charge >= 0.3 is 19.8 Å². The Morgan fingerprint density at radius 3 is 1.56 bits per heavy atom. The second-order valence-corrected chi connectivity index (χ2v) is 14.9. The minimum atomic E-state index is -4.39. The third kappa shape index (κ3) is 39.2. The van der Waals surface area contributed by atoms with Gasteiger partial charge in [-0.25, -0.2) is 4.57 Å². The van der Waals surface area contributed by atoms with E-state index < -0.39 is 32.5 Å². The van der Waals surface area contributed by atoms with Gasteiger partial charge in [-0.3, -0.25) is 18.6 Å². The van der Waals surface area contributed by atoms with Crippen molar-refractivity contribution in [1.29, 1.82) is 0 Å². The molecule has 0 saturated carbocycles. The molecule has 0 aromatic rings. The lowest BCUT2D eigenvalue weighted by Gasteiger charge is -2.19. The maximum absolute atomic E-state index is 12.6. The van der Waals surface area contributed by atoms with Crippen LogP contribution < -0.4 is 5.73 Å². The largest absolute Gasteiger partial charge is 0.472 e. The summed E-state index contributed by atoms with van der Waals surface area (Å²) in [6.45, 7) is 3.54. The molecule has 3 N–H and O–H groups in total. The van der Waals surface area contributed by atoms with Crippen LogP contribution in [0.15, 0.2) is 72.9 Å². The molecule has 0 aromatic heterocycles. The van der Waals surface area contributed by atoms with Crippen LogP contribution in [0.5, 0.6) is 0 Å². The number of unbranched alkanes of at least 4 members (excludes halogenated alkanes) is 13. The summed E-state index contributed by atoms with van der Waals surface area (Å²) in [6.07, 6.45) is 47.9. The zero-order valence-electron chi connectivity index (χ0n) is 33.9. The zero-order valence-corrected chi connectivity index (χ0v) is 34.8. The van der Waals surface area contributed by atoms with Crippen LogP contribution in [0, 0.1) is 0 Å². The molecule has 0 spiro atoms. The molecule has 54 heavy (non-hydrogen) atoms. The average Bonchev–Trinajstić information content (AvgIpc) is 3.16. The lowest BCUT2D eigenvalue weighted by atomic mass is 10.1. The predicted molar refractivity (Wildman–Crippen MR) is 224 cm³/mol. The molecule has 0 fully saturated rings. The molecule has 0 aliphatic heterocycles. The minimum absolute atomic E-state index is 0.0430. The number of allylic oxidation sites excluding steroid dienone is 12. The smallest absolute Gasteiger partial charge is 0.462 e. The highest BCUT2D eigenvalue weighted by molar-refractivity contribution is 7.47. The fourth-order valence-electron chi connectivity index (χ4n) is 5.24. The molecular formula is C44H76NO8P. The zero-order chi connectivity index (χ0) is 39.6. The Hall–Kier alpha value is -2.55. The van der Waals surface area contributed by atoms with E-state index in [9.17, 15) is 19.0 Å². The van der Waals surface area contributed by atoms with E-state index in [1.807, 2.05) is 0 Å². The maximum atomic E-state index is 12.6. The average molecular weight is 778 g/mol. The standard InChI is InChI=1S/C44H76NO8P/c1-3-5-7-9-11-13-15-17-19-20-21-22-23-25-27-29-31-33-35-37-44(47)53-42(41-52-54(48,49)51-39-38-45)40-50-43(46)36-34-32-30-28-26-24-18-16-14-12-10-8-6-4-2/h5,7,11,13,16-19,21-22,25,27,42H,3-4,6,8-10,12,14-15,20,23-24,26,28-41,45H2,1-2H3,(H,48,49)/b7-5+,13-11+,18-16+,19-17+,22-21+,27-25+/t42-/m1/s1. The third-order valence-electron chi connectivity index (χ3n) is 8.33. The number of hydrogen-bond acceptors (Lipinski definition) is 8. The molecule has 0 aliphatic rings. The van der Waals surface area contributed by atoms with Crippen molar-refractivity contribution in [2.45, 2.75) is 168 Å². The lowest BCUT2D eigenvalue weighted by molar-refractivity contribution is -0.161. The number of carbonyl (C=O) groups excluding carboxylic acids is 2. The van der Waals surface area contributed by atoms with Gasteiger partial charge in [-0.2, -0.15) is 0 Å². The SMILES string of the molecule is CC/C=C/C/C=C/C/C=C/C/C=C/C/C=C/CCCCCC(=O)O[C@H](COC(=O)CCCCCCC/C=C/CCCCCCC)COP(=O)(O)OCCN. The third-order valence-corrected chi connectivity index (χ3v) is 9.31. The van der Waals surface area contributed by atoms with Crippen molar-refractivity contribution in [2.75, 3.05) is 26.4 Å². The van der Waals surface area contributed by atoms with Crippen LogP contribution in [-0.4, -0.2) is 49.3 Å². The van der Waals surface area contributed by atoms with Gasteiger partial charge < -0.3 is 20.1 Å². The molecular weight excluding hydrogens is 701 g/mol. The van der Waals surface area contributed by atoms with Crippen LogP contribution in [0.3, 0.4) is 0 Å². The van der Waals surface area contributed by atoms with Crippen LogP contribution in [0.2, 0.25) is 0 Å². The molecule has 0 bridgehead atoms. The molecule has 310 valence electrons. The maximum Gasteiger partial charge on any atom is 0.472 e. The van der Waals surface area contributed by atoms with Crippen LogP contribution in [0.4, 0.5) is 0 Å². The van der Waals surface area contributed by atoms with Gasteiger partial charge in [-0.1, -0.05) is 138 Å². The summed E-state index contributed by atoms with van der Waals surface area (Å²) in [5.74, 6) is -0.883. The summed E-state index contributed by atoms with van der Waals surface area (Å²) in [5.41, 5.74) is 5.34. The van der Waals surface area contributed by atoms with E-state index in [0.29, 0.717) is 12.8 Å². The molecule has 1 unspecified atom stereocenters.